The van der Waals surface area contributed by atoms with Crippen LogP contribution in [0, 0.1) is 0 Å². The van der Waals surface area contributed by atoms with Crippen LogP contribution in [0.15, 0.2) is 194 Å². The second kappa shape index (κ2) is 87.7. The van der Waals surface area contributed by atoms with Crippen LogP contribution >= 0.6 is 15.6 Å². The molecule has 5 atom stereocenters. The Balaban J connectivity index is 4.68. The lowest BCUT2D eigenvalue weighted by Crippen LogP contribution is -2.30. The minimum absolute atomic E-state index is 0.0888. The predicted molar refractivity (Wildman–Crippen MR) is 481 cm³/mol. The maximum Gasteiger partial charge on any atom is 0.472 e. The van der Waals surface area contributed by atoms with E-state index in [1.165, 1.54) is 77.0 Å². The van der Waals surface area contributed by atoms with Gasteiger partial charge in [-0.05, 0) is 161 Å². The van der Waals surface area contributed by atoms with Crippen molar-refractivity contribution in [2.75, 3.05) is 39.6 Å². The Hall–Kier alpha value is -5.61. The molecule has 0 aliphatic heterocycles. The second-order valence-corrected chi connectivity index (χ2v) is 32.2. The van der Waals surface area contributed by atoms with Gasteiger partial charge in [-0.2, -0.15) is 0 Å². The molecule has 18 heteroatoms. The summed E-state index contributed by atoms with van der Waals surface area (Å²) < 4.78 is 61.5. The average Bonchev–Trinajstić information content (AvgIpc) is 0.902. The molecule has 0 saturated heterocycles. The fourth-order valence-electron chi connectivity index (χ4n) is 11.6. The van der Waals surface area contributed by atoms with E-state index in [1.807, 2.05) is 0 Å². The fourth-order valence-corrected chi connectivity index (χ4v) is 13.2. The van der Waals surface area contributed by atoms with Crippen molar-refractivity contribution in [3.8, 4) is 0 Å². The lowest BCUT2D eigenvalue weighted by molar-refractivity contribution is -0.161. The Labute approximate surface area is 699 Å². The largest absolute Gasteiger partial charge is 0.472 e. The van der Waals surface area contributed by atoms with Gasteiger partial charge in [0.25, 0.3) is 0 Å². The number of phosphoric acid groups is 2. The van der Waals surface area contributed by atoms with E-state index in [9.17, 15) is 43.5 Å². The number of aliphatic hydroxyl groups excluding tert-OH is 2. The first kappa shape index (κ1) is 109. The molecular formula is C97H160O16P2. The molecule has 5 unspecified atom stereocenters. The average molecular weight is 1640 g/mol. The zero-order chi connectivity index (χ0) is 83.6. The number of hydrogen-bond acceptors (Lipinski definition) is 14. The van der Waals surface area contributed by atoms with Crippen LogP contribution in [-0.2, 0) is 55.8 Å². The monoisotopic (exact) mass is 1640 g/mol. The number of rotatable bonds is 83. The maximum atomic E-state index is 13.1. The molecule has 4 N–H and O–H groups in total. The predicted octanol–water partition coefficient (Wildman–Crippen LogP) is 27.4. The number of ether oxygens (including phenoxy) is 3. The lowest BCUT2D eigenvalue weighted by atomic mass is 10.1. The maximum absolute atomic E-state index is 13.1. The molecule has 16 nitrogen and oxygen atoms in total. The molecule has 115 heavy (non-hydrogen) atoms. The molecule has 654 valence electrons. The summed E-state index contributed by atoms with van der Waals surface area (Å²) in [6.07, 6.45) is 116. The normalized spacial score (nSPS) is 14.7. The molecule has 0 aliphatic rings. The summed E-state index contributed by atoms with van der Waals surface area (Å²) in [4.78, 5) is 59.0. The van der Waals surface area contributed by atoms with Crippen molar-refractivity contribution in [3.63, 3.8) is 0 Å². The first-order valence-electron chi connectivity index (χ1n) is 44.7. The first-order valence-corrected chi connectivity index (χ1v) is 47.7. The second-order valence-electron chi connectivity index (χ2n) is 29.3. The third-order valence-electron chi connectivity index (χ3n) is 18.3. The SMILES string of the molecule is CC/C=C\C/C=C\C/C=C\C/C=C\C/C=C\C/C=C\CCCCCCCCCCCCC(=O)OCC(O)COP(=O)(O)OCC(O)COP(=O)(O)OCC(COC(=O)CCCCCCCCCCC/C=C\C/C=C\C/C=C\C/C=C\C/C=C\CC)OC(=O)CCCCCCCCCCC/C=C\C/C=C\C/C=C\C/C=C\C/C=C\CC. The molecule has 0 spiro atoms. The van der Waals surface area contributed by atoms with Crippen molar-refractivity contribution in [2.24, 2.45) is 0 Å². The molecule has 0 radical (unpaired) electrons. The smallest absolute Gasteiger partial charge is 0.463 e. The van der Waals surface area contributed by atoms with E-state index < -0.39 is 91.5 Å². The van der Waals surface area contributed by atoms with E-state index in [1.54, 1.807) is 0 Å². The van der Waals surface area contributed by atoms with Gasteiger partial charge in [0.15, 0.2) is 6.10 Å². The minimum atomic E-state index is -4.95. The molecule has 0 bridgehead atoms. The van der Waals surface area contributed by atoms with E-state index in [0.29, 0.717) is 19.3 Å². The van der Waals surface area contributed by atoms with Gasteiger partial charge >= 0.3 is 33.6 Å². The number of carbonyl (C=O) groups excluding carboxylic acids is 3. The fraction of sp³-hybridized carbons (Fsp3) is 0.639. The molecule has 0 aromatic carbocycles. The summed E-state index contributed by atoms with van der Waals surface area (Å²) in [5.41, 5.74) is 0. The van der Waals surface area contributed by atoms with E-state index >= 15 is 0 Å². The van der Waals surface area contributed by atoms with Crippen LogP contribution in [0.4, 0.5) is 0 Å². The van der Waals surface area contributed by atoms with E-state index in [0.717, 1.165) is 205 Å². The van der Waals surface area contributed by atoms with Gasteiger partial charge in [-0.25, -0.2) is 9.13 Å². The highest BCUT2D eigenvalue weighted by atomic mass is 31.2. The molecule has 0 aromatic rings. The number of esters is 3. The van der Waals surface area contributed by atoms with Crippen LogP contribution in [0.5, 0.6) is 0 Å². The highest BCUT2D eigenvalue weighted by Crippen LogP contribution is 2.45. The molecule has 0 saturated carbocycles. The highest BCUT2D eigenvalue weighted by Gasteiger charge is 2.29. The third-order valence-corrected chi connectivity index (χ3v) is 20.2. The Morgan fingerprint density at radius 1 is 0.243 bits per heavy atom. The van der Waals surface area contributed by atoms with Crippen LogP contribution < -0.4 is 0 Å². The Kier molecular flexibility index (Phi) is 83.4. The van der Waals surface area contributed by atoms with Crippen molar-refractivity contribution in [1.82, 2.24) is 0 Å². The van der Waals surface area contributed by atoms with Crippen LogP contribution in [-0.4, -0.2) is 95.9 Å². The zero-order valence-corrected chi connectivity index (χ0v) is 73.7. The van der Waals surface area contributed by atoms with Gasteiger partial charge in [0, 0.05) is 19.3 Å². The Bertz CT molecular complexity index is 2870. The van der Waals surface area contributed by atoms with Crippen molar-refractivity contribution < 1.29 is 75.8 Å². The summed E-state index contributed by atoms with van der Waals surface area (Å²) in [5.74, 6) is -1.59. The van der Waals surface area contributed by atoms with Crippen molar-refractivity contribution in [2.45, 2.75) is 360 Å². The number of phosphoric ester groups is 2. The van der Waals surface area contributed by atoms with Gasteiger partial charge in [0.2, 0.25) is 0 Å². The Morgan fingerprint density at radius 3 is 0.687 bits per heavy atom. The van der Waals surface area contributed by atoms with Gasteiger partial charge in [-0.15, -0.1) is 0 Å². The molecule has 0 aliphatic carbocycles. The number of carbonyl (C=O) groups is 3. The van der Waals surface area contributed by atoms with E-state index in [2.05, 4.69) is 215 Å². The number of aliphatic hydroxyl groups is 2. The highest BCUT2D eigenvalue weighted by molar-refractivity contribution is 7.47. The summed E-state index contributed by atoms with van der Waals surface area (Å²) in [6.45, 7) is 2.34. The van der Waals surface area contributed by atoms with Gasteiger partial charge in [0.1, 0.15) is 25.4 Å². The third kappa shape index (κ3) is 89.0. The molecule has 0 rings (SSSR count). The standard InChI is InChI=1S/C97H160O16P2/c1-4-7-10-13-16-19-22-25-28-31-34-37-40-43-44-45-46-49-51-53-56-59-62-65-68-71-74-77-80-83-95(100)107-86-92(98)87-109-114(103,104)110-88-93(99)89-111-115(105,106)112-91-94(113-97(102)85-82-79-76-73-70-67-64-61-58-55-52-48-42-39-36-33-30-27-24-21-18-15-12-9-6-3)90-108-96(101)84-81-78-75-72-69-66-63-60-57-54-50-47-41-38-35-32-29-26-23-20-17-14-11-8-5-2/h7-12,16-21,25-30,34-39,43-44,46-50,52,92-94,98-99H,4-6,13-15,22-24,31-33,40-42,45,51,53-91H2,1-3H3,(H,103,104)(H,105,106)/b10-7-,11-8-,12-9-,19-16-,20-17-,21-18-,28-25-,29-26-,30-27-,37-34-,38-35-,39-36-,44-43-,49-46-,50-47-,52-48-. The Morgan fingerprint density at radius 2 is 0.435 bits per heavy atom. The summed E-state index contributed by atoms with van der Waals surface area (Å²) in [7, 11) is -9.82. The molecular weight excluding hydrogens is 1480 g/mol. The van der Waals surface area contributed by atoms with Gasteiger partial charge < -0.3 is 34.2 Å². The number of hydrogen-bond donors (Lipinski definition) is 4. The summed E-state index contributed by atoms with van der Waals surface area (Å²) >= 11 is 0. The van der Waals surface area contributed by atoms with Crippen LogP contribution in [0.25, 0.3) is 0 Å². The number of unbranched alkanes of at least 4 members (excludes halogenated alkanes) is 28. The zero-order valence-electron chi connectivity index (χ0n) is 71.9. The van der Waals surface area contributed by atoms with E-state index in [4.69, 9.17) is 32.3 Å². The molecule has 0 aromatic heterocycles. The van der Waals surface area contributed by atoms with Gasteiger partial charge in [-0.1, -0.05) is 356 Å². The quantitative estimate of drug-likeness (QED) is 0.0146. The molecule has 0 heterocycles. The topological polar surface area (TPSA) is 231 Å². The van der Waals surface area contributed by atoms with Crippen molar-refractivity contribution >= 4 is 33.6 Å². The minimum Gasteiger partial charge on any atom is -0.463 e. The van der Waals surface area contributed by atoms with Gasteiger partial charge in [-0.3, -0.25) is 32.5 Å². The van der Waals surface area contributed by atoms with Crippen LogP contribution in [0.2, 0.25) is 0 Å². The summed E-state index contributed by atoms with van der Waals surface area (Å²) in [6, 6.07) is 0. The van der Waals surface area contributed by atoms with E-state index in [-0.39, 0.29) is 19.3 Å². The summed E-state index contributed by atoms with van der Waals surface area (Å²) in [5, 5.41) is 20.7. The lowest BCUT2D eigenvalue weighted by Gasteiger charge is -2.21. The number of allylic oxidation sites excluding steroid dienone is 32. The molecule has 0 amide bonds. The van der Waals surface area contributed by atoms with Crippen molar-refractivity contribution in [3.05, 3.63) is 194 Å². The van der Waals surface area contributed by atoms with Crippen LogP contribution in [0.3, 0.4) is 0 Å². The molecule has 0 fully saturated rings. The van der Waals surface area contributed by atoms with Crippen molar-refractivity contribution in [1.29, 1.82) is 0 Å². The van der Waals surface area contributed by atoms with Crippen LogP contribution in [0.1, 0.15) is 342 Å². The van der Waals surface area contributed by atoms with Gasteiger partial charge in [0.05, 0.1) is 26.4 Å². The first-order chi connectivity index (χ1) is 56.2.